The van der Waals surface area contributed by atoms with Crippen LogP contribution in [0.4, 0.5) is 0 Å². The van der Waals surface area contributed by atoms with Crippen LogP contribution in [0.3, 0.4) is 0 Å². The Morgan fingerprint density at radius 1 is 1.12 bits per heavy atom. The predicted octanol–water partition coefficient (Wildman–Crippen LogP) is 3.10. The zero-order chi connectivity index (χ0) is 17.4. The number of carbonyl (C=O) groups excluding carboxylic acids is 1. The van der Waals surface area contributed by atoms with Gasteiger partial charge in [0.2, 0.25) is 0 Å². The van der Waals surface area contributed by atoms with Crippen LogP contribution in [0.15, 0.2) is 60.9 Å². The summed E-state index contributed by atoms with van der Waals surface area (Å²) in [6.45, 7) is 0. The van der Waals surface area contributed by atoms with Crippen LogP contribution < -0.4 is 10.5 Å². The molecule has 0 aliphatic carbocycles. The number of nitrogens with two attached hydrogens (primary N) is 1. The number of ether oxygens (including phenoxy) is 1. The van der Waals surface area contributed by atoms with Crippen LogP contribution in [0.1, 0.15) is 10.5 Å². The van der Waals surface area contributed by atoms with Gasteiger partial charge in [-0.15, -0.1) is 0 Å². The number of aromatic nitrogens is 3. The fourth-order valence-electron chi connectivity index (χ4n) is 2.91. The number of aromatic amines is 1. The van der Waals surface area contributed by atoms with Crippen molar-refractivity contribution in [1.29, 1.82) is 0 Å². The second kappa shape index (κ2) is 5.83. The predicted molar refractivity (Wildman–Crippen MR) is 95.5 cm³/mol. The average Bonchev–Trinajstić information content (AvgIpc) is 3.28. The molecule has 0 radical (unpaired) electrons. The summed E-state index contributed by atoms with van der Waals surface area (Å²) in [5.41, 5.74) is 10.2. The normalized spacial score (nSPS) is 10.9. The molecule has 6 nitrogen and oxygen atoms in total. The molecule has 0 spiro atoms. The van der Waals surface area contributed by atoms with Gasteiger partial charge in [-0.25, -0.2) is 4.98 Å². The van der Waals surface area contributed by atoms with E-state index in [1.807, 2.05) is 46.9 Å². The van der Waals surface area contributed by atoms with Gasteiger partial charge in [0.15, 0.2) is 5.88 Å². The Kier molecular flexibility index (Phi) is 3.50. The van der Waals surface area contributed by atoms with Crippen LogP contribution in [0.5, 0.6) is 5.88 Å². The van der Waals surface area contributed by atoms with Crippen molar-refractivity contribution in [2.24, 2.45) is 5.73 Å². The lowest BCUT2D eigenvalue weighted by Crippen LogP contribution is -2.10. The highest BCUT2D eigenvalue weighted by atomic mass is 16.5. The molecule has 0 saturated heterocycles. The molecular formula is C19H16N4O2. The molecule has 3 heterocycles. The summed E-state index contributed by atoms with van der Waals surface area (Å²) in [4.78, 5) is 18.7. The monoisotopic (exact) mass is 332 g/mol. The molecule has 3 N–H and O–H groups in total. The van der Waals surface area contributed by atoms with Gasteiger partial charge < -0.3 is 15.5 Å². The molecule has 6 heteroatoms. The van der Waals surface area contributed by atoms with Crippen LogP contribution in [0.2, 0.25) is 0 Å². The van der Waals surface area contributed by atoms with Crippen LogP contribution in [0, 0.1) is 0 Å². The summed E-state index contributed by atoms with van der Waals surface area (Å²) < 4.78 is 7.49. The number of H-pyrrole nitrogens is 1. The molecule has 0 atom stereocenters. The summed E-state index contributed by atoms with van der Waals surface area (Å²) in [5, 5.41) is 0. The SMILES string of the molecule is COc1cc(-c2ccccc2)cc2ncc(-c3c[nH]c(C(N)=O)c3)n12. The fraction of sp³-hybridized carbons (Fsp3) is 0.0526. The highest BCUT2D eigenvalue weighted by Crippen LogP contribution is 2.31. The first-order valence-corrected chi connectivity index (χ1v) is 7.77. The Balaban J connectivity index is 1.89. The van der Waals surface area contributed by atoms with Gasteiger partial charge in [-0.05, 0) is 23.3 Å². The zero-order valence-electron chi connectivity index (χ0n) is 13.6. The largest absolute Gasteiger partial charge is 0.482 e. The highest BCUT2D eigenvalue weighted by molar-refractivity contribution is 5.92. The molecule has 0 aliphatic rings. The molecule has 4 aromatic rings. The lowest BCUT2D eigenvalue weighted by molar-refractivity contribution is 0.0996. The number of pyridine rings is 1. The Labute approximate surface area is 143 Å². The number of benzene rings is 1. The van der Waals surface area contributed by atoms with Gasteiger partial charge in [-0.3, -0.25) is 9.20 Å². The lowest BCUT2D eigenvalue weighted by atomic mass is 10.1. The minimum Gasteiger partial charge on any atom is -0.482 e. The van der Waals surface area contributed by atoms with Crippen molar-refractivity contribution in [3.63, 3.8) is 0 Å². The molecule has 0 unspecified atom stereocenters. The van der Waals surface area contributed by atoms with Gasteiger partial charge in [-0.2, -0.15) is 0 Å². The Morgan fingerprint density at radius 3 is 2.60 bits per heavy atom. The first-order chi connectivity index (χ1) is 12.2. The quantitative estimate of drug-likeness (QED) is 0.602. The highest BCUT2D eigenvalue weighted by Gasteiger charge is 2.15. The molecule has 1 aromatic carbocycles. The standard InChI is InChI=1S/C19H16N4O2/c1-25-18-9-13(12-5-3-2-4-6-12)8-17-22-11-16(23(17)18)14-7-15(19(20)24)21-10-14/h2-11,21H,1H3,(H2,20,24). The number of primary amides is 1. The van der Waals surface area contributed by atoms with E-state index < -0.39 is 5.91 Å². The van der Waals surface area contributed by atoms with Crippen LogP contribution in [-0.4, -0.2) is 27.4 Å². The van der Waals surface area contributed by atoms with E-state index >= 15 is 0 Å². The van der Waals surface area contributed by atoms with Crippen LogP contribution >= 0.6 is 0 Å². The number of imidazole rings is 1. The number of rotatable bonds is 4. The number of nitrogens with one attached hydrogen (secondary N) is 1. The van der Waals surface area contributed by atoms with Gasteiger partial charge >= 0.3 is 0 Å². The second-order valence-electron chi connectivity index (χ2n) is 5.66. The van der Waals surface area contributed by atoms with E-state index in [0.29, 0.717) is 11.6 Å². The number of hydrogen-bond acceptors (Lipinski definition) is 3. The van der Waals surface area contributed by atoms with Crippen molar-refractivity contribution in [2.75, 3.05) is 7.11 Å². The van der Waals surface area contributed by atoms with E-state index in [4.69, 9.17) is 10.5 Å². The number of nitrogens with zero attached hydrogens (tertiary/aromatic N) is 2. The molecule has 4 rings (SSSR count). The van der Waals surface area contributed by atoms with Crippen LogP contribution in [0.25, 0.3) is 28.0 Å². The van der Waals surface area contributed by atoms with Gasteiger partial charge in [-0.1, -0.05) is 30.3 Å². The topological polar surface area (TPSA) is 85.4 Å². The summed E-state index contributed by atoms with van der Waals surface area (Å²) in [7, 11) is 1.62. The molecule has 1 amide bonds. The van der Waals surface area contributed by atoms with E-state index in [1.165, 1.54) is 0 Å². The number of amides is 1. The second-order valence-corrected chi connectivity index (χ2v) is 5.66. The smallest absolute Gasteiger partial charge is 0.265 e. The van der Waals surface area contributed by atoms with E-state index in [2.05, 4.69) is 9.97 Å². The average molecular weight is 332 g/mol. The van der Waals surface area contributed by atoms with E-state index in [0.717, 1.165) is 28.0 Å². The number of methoxy groups -OCH3 is 1. The molecule has 0 aliphatic heterocycles. The van der Waals surface area contributed by atoms with E-state index in [9.17, 15) is 4.79 Å². The van der Waals surface area contributed by atoms with Crippen molar-refractivity contribution in [1.82, 2.24) is 14.4 Å². The van der Waals surface area contributed by atoms with Crippen molar-refractivity contribution >= 4 is 11.6 Å². The number of hydrogen-bond donors (Lipinski definition) is 2. The third-order valence-corrected chi connectivity index (χ3v) is 4.13. The third kappa shape index (κ3) is 2.53. The number of fused-ring (bicyclic) bond motifs is 1. The Morgan fingerprint density at radius 2 is 1.92 bits per heavy atom. The fourth-order valence-corrected chi connectivity index (χ4v) is 2.91. The number of carbonyl (C=O) groups is 1. The first-order valence-electron chi connectivity index (χ1n) is 7.77. The lowest BCUT2D eigenvalue weighted by Gasteiger charge is -2.10. The summed E-state index contributed by atoms with van der Waals surface area (Å²) in [5.74, 6) is 0.157. The zero-order valence-corrected chi connectivity index (χ0v) is 13.6. The molecule has 0 saturated carbocycles. The van der Waals surface area contributed by atoms with Crippen molar-refractivity contribution in [2.45, 2.75) is 0 Å². The van der Waals surface area contributed by atoms with Gasteiger partial charge in [0.25, 0.3) is 5.91 Å². The maximum absolute atomic E-state index is 11.3. The van der Waals surface area contributed by atoms with Gasteiger partial charge in [0.1, 0.15) is 11.3 Å². The Hall–Kier alpha value is -3.54. The van der Waals surface area contributed by atoms with Crippen molar-refractivity contribution in [3.8, 4) is 28.3 Å². The maximum Gasteiger partial charge on any atom is 0.265 e. The molecule has 0 bridgehead atoms. The van der Waals surface area contributed by atoms with E-state index in [-0.39, 0.29) is 0 Å². The molecule has 25 heavy (non-hydrogen) atoms. The molecule has 124 valence electrons. The summed E-state index contributed by atoms with van der Waals surface area (Å²) in [6, 6.07) is 15.7. The minimum absolute atomic E-state index is 0.352. The maximum atomic E-state index is 11.3. The van der Waals surface area contributed by atoms with E-state index in [1.54, 1.807) is 25.6 Å². The molecule has 3 aromatic heterocycles. The van der Waals surface area contributed by atoms with Crippen molar-refractivity contribution in [3.05, 3.63) is 66.6 Å². The summed E-state index contributed by atoms with van der Waals surface area (Å²) >= 11 is 0. The van der Waals surface area contributed by atoms with Crippen LogP contribution in [-0.2, 0) is 0 Å². The molecule has 0 fully saturated rings. The first kappa shape index (κ1) is 15.0. The van der Waals surface area contributed by atoms with Gasteiger partial charge in [0.05, 0.1) is 19.0 Å². The minimum atomic E-state index is -0.501. The Bertz CT molecular complexity index is 1060. The summed E-state index contributed by atoms with van der Waals surface area (Å²) in [6.07, 6.45) is 3.48. The van der Waals surface area contributed by atoms with Gasteiger partial charge in [0, 0.05) is 17.8 Å². The third-order valence-electron chi connectivity index (χ3n) is 4.13. The molecular weight excluding hydrogens is 316 g/mol. The van der Waals surface area contributed by atoms with Crippen molar-refractivity contribution < 1.29 is 9.53 Å².